The Morgan fingerprint density at radius 1 is 0.595 bits per heavy atom. The summed E-state index contributed by atoms with van der Waals surface area (Å²) in [6.45, 7) is 11.5. The SMILES string of the molecule is Cc1nc(SCC(=O)c2ccc(-c3ccc(C(=O)CSc4nc(C)c(C)c(C)c4C#N)cc3)cc2)c(C#N)c(C)c1C. The molecule has 4 rings (SSSR count). The van der Waals surface area contributed by atoms with Gasteiger partial charge in [0, 0.05) is 22.5 Å². The van der Waals surface area contributed by atoms with Crippen molar-refractivity contribution >= 4 is 35.1 Å². The van der Waals surface area contributed by atoms with Crippen molar-refractivity contribution < 1.29 is 9.59 Å². The maximum absolute atomic E-state index is 12.9. The molecule has 42 heavy (non-hydrogen) atoms. The Balaban J connectivity index is 1.39. The van der Waals surface area contributed by atoms with Gasteiger partial charge in [-0.15, -0.1) is 0 Å². The highest BCUT2D eigenvalue weighted by Crippen LogP contribution is 2.29. The molecule has 210 valence electrons. The molecule has 0 atom stereocenters. The number of benzene rings is 2. The molecule has 0 amide bonds. The number of nitrogens with zero attached hydrogens (tertiary/aromatic N) is 4. The lowest BCUT2D eigenvalue weighted by Gasteiger charge is -2.11. The lowest BCUT2D eigenvalue weighted by Crippen LogP contribution is -2.05. The standard InChI is InChI=1S/C34H30N4O2S2/c1-19-21(3)29(15-35)33(37-23(19)5)41-17-31(39)27-11-7-25(8-12-27)26-9-13-28(14-10-26)32(40)18-42-34-30(16-36)22(4)20(2)24(6)38-34/h7-14H,17-18H2,1-6H3. The number of thioether (sulfide) groups is 2. The summed E-state index contributed by atoms with van der Waals surface area (Å²) >= 11 is 2.57. The van der Waals surface area contributed by atoms with Gasteiger partial charge in [-0.3, -0.25) is 9.59 Å². The summed E-state index contributed by atoms with van der Waals surface area (Å²) in [6.07, 6.45) is 0. The molecule has 4 aromatic rings. The number of aryl methyl sites for hydroxylation is 2. The van der Waals surface area contributed by atoms with E-state index in [0.29, 0.717) is 32.3 Å². The zero-order valence-corrected chi connectivity index (χ0v) is 26.1. The Morgan fingerprint density at radius 3 is 1.24 bits per heavy atom. The van der Waals surface area contributed by atoms with Crippen molar-refractivity contribution in [3.8, 4) is 23.3 Å². The number of hydrogen-bond donors (Lipinski definition) is 0. The number of Topliss-reactive ketones (excluding diaryl/α,β-unsaturated/α-hetero) is 2. The highest BCUT2D eigenvalue weighted by molar-refractivity contribution is 8.00. The first-order valence-electron chi connectivity index (χ1n) is 13.3. The molecule has 0 saturated carbocycles. The van der Waals surface area contributed by atoms with Crippen LogP contribution in [-0.4, -0.2) is 33.0 Å². The van der Waals surface area contributed by atoms with Gasteiger partial charge in [-0.2, -0.15) is 10.5 Å². The molecule has 0 N–H and O–H groups in total. The molecule has 0 aliphatic rings. The molecule has 6 nitrogen and oxygen atoms in total. The Labute approximate surface area is 255 Å². The van der Waals surface area contributed by atoms with Gasteiger partial charge in [0.2, 0.25) is 0 Å². The van der Waals surface area contributed by atoms with Crippen LogP contribution < -0.4 is 0 Å². The van der Waals surface area contributed by atoms with Crippen molar-refractivity contribution in [2.24, 2.45) is 0 Å². The van der Waals surface area contributed by atoms with Crippen LogP contribution in [0, 0.1) is 64.2 Å². The van der Waals surface area contributed by atoms with Gasteiger partial charge in [0.05, 0.1) is 22.6 Å². The third-order valence-corrected chi connectivity index (χ3v) is 9.53. The van der Waals surface area contributed by atoms with Crippen LogP contribution in [0.1, 0.15) is 65.5 Å². The van der Waals surface area contributed by atoms with Crippen molar-refractivity contribution in [1.29, 1.82) is 10.5 Å². The second-order valence-corrected chi connectivity index (χ2v) is 12.0. The number of ketones is 2. The van der Waals surface area contributed by atoms with Gasteiger partial charge in [-0.1, -0.05) is 72.1 Å². The fourth-order valence-corrected chi connectivity index (χ4v) is 6.38. The molecule has 0 unspecified atom stereocenters. The van der Waals surface area contributed by atoms with E-state index in [1.165, 1.54) is 23.5 Å². The summed E-state index contributed by atoms with van der Waals surface area (Å²) in [5.74, 6) is 0.287. The van der Waals surface area contributed by atoms with Gasteiger partial charge in [0.1, 0.15) is 22.2 Å². The van der Waals surface area contributed by atoms with E-state index in [4.69, 9.17) is 0 Å². The average molecular weight is 591 g/mol. The van der Waals surface area contributed by atoms with Gasteiger partial charge in [-0.25, -0.2) is 9.97 Å². The van der Waals surface area contributed by atoms with Crippen molar-refractivity contribution in [2.45, 2.75) is 51.6 Å². The van der Waals surface area contributed by atoms with Crippen LogP contribution in [0.4, 0.5) is 0 Å². The van der Waals surface area contributed by atoms with E-state index in [9.17, 15) is 20.1 Å². The number of nitriles is 2. The molecule has 0 aliphatic heterocycles. The second-order valence-electron chi connectivity index (χ2n) is 10.1. The number of pyridine rings is 2. The van der Waals surface area contributed by atoms with E-state index in [1.54, 1.807) is 24.3 Å². The predicted molar refractivity (Wildman–Crippen MR) is 168 cm³/mol. The highest BCUT2D eigenvalue weighted by Gasteiger charge is 2.17. The number of carbonyl (C=O) groups excluding carboxylic acids is 2. The van der Waals surface area contributed by atoms with E-state index in [0.717, 1.165) is 44.8 Å². The van der Waals surface area contributed by atoms with Crippen LogP contribution in [-0.2, 0) is 0 Å². The Hall–Kier alpha value is -4.24. The third-order valence-electron chi connectivity index (χ3n) is 7.58. The summed E-state index contributed by atoms with van der Waals surface area (Å²) in [5.41, 5.74) is 9.58. The summed E-state index contributed by atoms with van der Waals surface area (Å²) in [4.78, 5) is 34.8. The number of rotatable bonds is 9. The van der Waals surface area contributed by atoms with Gasteiger partial charge in [0.15, 0.2) is 11.6 Å². The van der Waals surface area contributed by atoms with Gasteiger partial charge in [-0.05, 0) is 74.9 Å². The smallest absolute Gasteiger partial charge is 0.173 e. The number of hydrogen-bond acceptors (Lipinski definition) is 8. The van der Waals surface area contributed by atoms with E-state index >= 15 is 0 Å². The molecule has 0 fully saturated rings. The quantitative estimate of drug-likeness (QED) is 0.144. The van der Waals surface area contributed by atoms with Crippen molar-refractivity contribution in [3.05, 3.63) is 104 Å². The Kier molecular flexibility index (Phi) is 9.63. The molecule has 0 saturated heterocycles. The first-order chi connectivity index (χ1) is 20.0. The number of carbonyl (C=O) groups is 2. The van der Waals surface area contributed by atoms with Crippen LogP contribution in [0.15, 0.2) is 58.6 Å². The van der Waals surface area contributed by atoms with Crippen LogP contribution in [0.25, 0.3) is 11.1 Å². The molecule has 0 bridgehead atoms. The topological polar surface area (TPSA) is 108 Å². The highest BCUT2D eigenvalue weighted by atomic mass is 32.2. The lowest BCUT2D eigenvalue weighted by atomic mass is 10.0. The molecule has 0 aliphatic carbocycles. The number of aromatic nitrogens is 2. The monoisotopic (exact) mass is 590 g/mol. The maximum atomic E-state index is 12.9. The summed E-state index contributed by atoms with van der Waals surface area (Å²) in [6, 6.07) is 19.2. The largest absolute Gasteiger partial charge is 0.293 e. The second kappa shape index (κ2) is 13.2. The zero-order chi connectivity index (χ0) is 30.6. The lowest BCUT2D eigenvalue weighted by molar-refractivity contribution is 0.101. The van der Waals surface area contributed by atoms with Crippen molar-refractivity contribution in [1.82, 2.24) is 9.97 Å². The Bertz CT molecular complexity index is 1650. The summed E-state index contributed by atoms with van der Waals surface area (Å²) < 4.78 is 0. The fraction of sp³-hybridized carbons (Fsp3) is 0.235. The Morgan fingerprint density at radius 2 is 0.929 bits per heavy atom. The molecular weight excluding hydrogens is 561 g/mol. The molecule has 0 radical (unpaired) electrons. The van der Waals surface area contributed by atoms with E-state index in [1.807, 2.05) is 65.8 Å². The minimum atomic E-state index is -0.0421. The minimum Gasteiger partial charge on any atom is -0.293 e. The molecular formula is C34H30N4O2S2. The average Bonchev–Trinajstić information content (AvgIpc) is 3.00. The maximum Gasteiger partial charge on any atom is 0.173 e. The third kappa shape index (κ3) is 6.46. The predicted octanol–water partition coefficient (Wildman–Crippen LogP) is 7.69. The van der Waals surface area contributed by atoms with Crippen LogP contribution in [0.3, 0.4) is 0 Å². The zero-order valence-electron chi connectivity index (χ0n) is 24.5. The van der Waals surface area contributed by atoms with Gasteiger partial charge >= 0.3 is 0 Å². The molecule has 8 heteroatoms. The van der Waals surface area contributed by atoms with Crippen LogP contribution in [0.2, 0.25) is 0 Å². The van der Waals surface area contributed by atoms with Crippen molar-refractivity contribution in [3.63, 3.8) is 0 Å². The normalized spacial score (nSPS) is 10.7. The minimum absolute atomic E-state index is 0.0421. The molecule has 2 aromatic heterocycles. The summed E-state index contributed by atoms with van der Waals surface area (Å²) in [7, 11) is 0. The summed E-state index contributed by atoms with van der Waals surface area (Å²) in [5, 5.41) is 20.3. The van der Waals surface area contributed by atoms with Crippen LogP contribution >= 0.6 is 23.5 Å². The van der Waals surface area contributed by atoms with E-state index in [-0.39, 0.29) is 23.1 Å². The van der Waals surface area contributed by atoms with E-state index < -0.39 is 0 Å². The van der Waals surface area contributed by atoms with Crippen molar-refractivity contribution in [2.75, 3.05) is 11.5 Å². The van der Waals surface area contributed by atoms with E-state index in [2.05, 4.69) is 22.1 Å². The van der Waals surface area contributed by atoms with Gasteiger partial charge < -0.3 is 0 Å². The van der Waals surface area contributed by atoms with Gasteiger partial charge in [0.25, 0.3) is 0 Å². The fourth-order valence-electron chi connectivity index (χ4n) is 4.43. The molecule has 0 spiro atoms. The first-order valence-corrected chi connectivity index (χ1v) is 15.3. The van der Waals surface area contributed by atoms with Crippen LogP contribution in [0.5, 0.6) is 0 Å². The molecule has 2 aromatic carbocycles. The molecule has 2 heterocycles. The first kappa shape index (κ1) is 30.7.